The molecule has 1 heterocycles. The highest BCUT2D eigenvalue weighted by Crippen LogP contribution is 2.42. The van der Waals surface area contributed by atoms with E-state index in [1.165, 1.54) is 6.07 Å². The van der Waals surface area contributed by atoms with Crippen LogP contribution in [-0.2, 0) is 4.74 Å². The second-order valence-corrected chi connectivity index (χ2v) is 5.19. The molecule has 1 aliphatic carbocycles. The number of halogens is 1. The van der Waals surface area contributed by atoms with Crippen LogP contribution in [0.1, 0.15) is 47.5 Å². The fourth-order valence-electron chi connectivity index (χ4n) is 2.21. The van der Waals surface area contributed by atoms with E-state index < -0.39 is 5.97 Å². The Hall–Kier alpha value is -2.17. The van der Waals surface area contributed by atoms with Crippen LogP contribution in [-0.4, -0.2) is 17.6 Å². The number of ether oxygens (including phenoxy) is 1. The van der Waals surface area contributed by atoms with Gasteiger partial charge in [0, 0.05) is 11.5 Å². The number of aromatic nitrogens is 1. The molecule has 0 spiro atoms. The van der Waals surface area contributed by atoms with Crippen LogP contribution in [0.25, 0.3) is 11.5 Å². The summed E-state index contributed by atoms with van der Waals surface area (Å²) in [6, 6.07) is 4.63. The molecule has 0 unspecified atom stereocenters. The molecule has 4 nitrogen and oxygen atoms in total. The summed E-state index contributed by atoms with van der Waals surface area (Å²) in [6.45, 7) is 3.71. The first kappa shape index (κ1) is 13.8. The number of rotatable bonds is 4. The minimum absolute atomic E-state index is 0.177. The van der Waals surface area contributed by atoms with Crippen molar-refractivity contribution in [2.75, 3.05) is 6.61 Å². The Morgan fingerprint density at radius 2 is 2.24 bits per heavy atom. The number of oxazole rings is 1. The van der Waals surface area contributed by atoms with Crippen molar-refractivity contribution in [2.24, 2.45) is 0 Å². The molecule has 1 fully saturated rings. The SMILES string of the molecule is CCOC(=O)c1oc(-c2ccc(F)c(C)c2)nc1C1CC1. The highest BCUT2D eigenvalue weighted by atomic mass is 19.1. The molecule has 1 aromatic carbocycles. The Morgan fingerprint density at radius 3 is 2.86 bits per heavy atom. The van der Waals surface area contributed by atoms with Crippen LogP contribution < -0.4 is 0 Å². The first-order valence-electron chi connectivity index (χ1n) is 7.04. The van der Waals surface area contributed by atoms with E-state index in [9.17, 15) is 9.18 Å². The van der Waals surface area contributed by atoms with E-state index in [1.807, 2.05) is 0 Å². The van der Waals surface area contributed by atoms with Gasteiger partial charge in [-0.3, -0.25) is 0 Å². The molecule has 0 radical (unpaired) electrons. The van der Waals surface area contributed by atoms with Crippen molar-refractivity contribution in [3.05, 3.63) is 41.0 Å². The number of carbonyl (C=O) groups excluding carboxylic acids is 1. The maximum atomic E-state index is 13.3. The molecule has 0 N–H and O–H groups in total. The standard InChI is InChI=1S/C16H16FNO3/c1-3-20-16(19)14-13(10-4-5-10)18-15(21-14)11-6-7-12(17)9(2)8-11/h6-8,10H,3-5H2,1-2H3. The van der Waals surface area contributed by atoms with Crippen LogP contribution in [0.3, 0.4) is 0 Å². The predicted octanol–water partition coefficient (Wildman–Crippen LogP) is 3.84. The fourth-order valence-corrected chi connectivity index (χ4v) is 2.21. The zero-order valence-electron chi connectivity index (χ0n) is 12.0. The topological polar surface area (TPSA) is 52.3 Å². The Bertz CT molecular complexity index is 689. The lowest BCUT2D eigenvalue weighted by Gasteiger charge is -2.00. The van der Waals surface area contributed by atoms with Gasteiger partial charge in [-0.1, -0.05) is 0 Å². The van der Waals surface area contributed by atoms with Gasteiger partial charge in [-0.05, 0) is 50.5 Å². The molecule has 0 saturated heterocycles. The van der Waals surface area contributed by atoms with Crippen molar-refractivity contribution in [1.82, 2.24) is 4.98 Å². The van der Waals surface area contributed by atoms with E-state index in [4.69, 9.17) is 9.15 Å². The summed E-state index contributed by atoms with van der Waals surface area (Å²) >= 11 is 0. The van der Waals surface area contributed by atoms with Crippen molar-refractivity contribution in [3.8, 4) is 11.5 Å². The maximum absolute atomic E-state index is 13.3. The predicted molar refractivity (Wildman–Crippen MR) is 74.6 cm³/mol. The summed E-state index contributed by atoms with van der Waals surface area (Å²) in [6.07, 6.45) is 2.00. The van der Waals surface area contributed by atoms with Crippen molar-refractivity contribution < 1.29 is 18.3 Å². The number of hydrogen-bond acceptors (Lipinski definition) is 4. The third kappa shape index (κ3) is 2.68. The van der Waals surface area contributed by atoms with Crippen LogP contribution in [0.5, 0.6) is 0 Å². The molecular formula is C16H16FNO3. The van der Waals surface area contributed by atoms with E-state index in [1.54, 1.807) is 26.0 Å². The second-order valence-electron chi connectivity index (χ2n) is 5.19. The van der Waals surface area contributed by atoms with Gasteiger partial charge in [0.25, 0.3) is 0 Å². The van der Waals surface area contributed by atoms with Gasteiger partial charge < -0.3 is 9.15 Å². The highest BCUT2D eigenvalue weighted by Gasteiger charge is 2.34. The average molecular weight is 289 g/mol. The van der Waals surface area contributed by atoms with E-state index in [-0.39, 0.29) is 24.1 Å². The summed E-state index contributed by atoms with van der Waals surface area (Å²) in [5.74, 6) is 0.0122. The van der Waals surface area contributed by atoms with Crippen LogP contribution in [0.2, 0.25) is 0 Å². The molecule has 110 valence electrons. The van der Waals surface area contributed by atoms with Gasteiger partial charge in [0.15, 0.2) is 0 Å². The Balaban J connectivity index is 2.01. The zero-order valence-corrected chi connectivity index (χ0v) is 12.0. The number of nitrogens with zero attached hydrogens (tertiary/aromatic N) is 1. The lowest BCUT2D eigenvalue weighted by molar-refractivity contribution is 0.0489. The van der Waals surface area contributed by atoms with Crippen molar-refractivity contribution in [1.29, 1.82) is 0 Å². The zero-order chi connectivity index (χ0) is 15.0. The van der Waals surface area contributed by atoms with Gasteiger partial charge in [0.05, 0.1) is 12.3 Å². The van der Waals surface area contributed by atoms with E-state index >= 15 is 0 Å². The molecule has 1 aromatic heterocycles. The molecule has 0 amide bonds. The van der Waals surface area contributed by atoms with Gasteiger partial charge in [-0.15, -0.1) is 0 Å². The number of benzene rings is 1. The molecular weight excluding hydrogens is 273 g/mol. The maximum Gasteiger partial charge on any atom is 0.376 e. The third-order valence-electron chi connectivity index (χ3n) is 3.48. The summed E-state index contributed by atoms with van der Waals surface area (Å²) in [5, 5.41) is 0. The minimum Gasteiger partial charge on any atom is -0.460 e. The molecule has 1 aliphatic rings. The molecule has 0 atom stereocenters. The largest absolute Gasteiger partial charge is 0.460 e. The normalized spacial score (nSPS) is 14.2. The molecule has 21 heavy (non-hydrogen) atoms. The lowest BCUT2D eigenvalue weighted by Crippen LogP contribution is -2.05. The third-order valence-corrected chi connectivity index (χ3v) is 3.48. The summed E-state index contributed by atoms with van der Waals surface area (Å²) in [7, 11) is 0. The summed E-state index contributed by atoms with van der Waals surface area (Å²) in [4.78, 5) is 16.4. The molecule has 1 saturated carbocycles. The molecule has 5 heteroatoms. The first-order chi connectivity index (χ1) is 10.1. The van der Waals surface area contributed by atoms with Crippen LogP contribution >= 0.6 is 0 Å². The lowest BCUT2D eigenvalue weighted by atomic mass is 10.1. The number of esters is 1. The highest BCUT2D eigenvalue weighted by molar-refractivity contribution is 5.88. The van der Waals surface area contributed by atoms with Crippen LogP contribution in [0.15, 0.2) is 22.6 Å². The van der Waals surface area contributed by atoms with Crippen molar-refractivity contribution >= 4 is 5.97 Å². The van der Waals surface area contributed by atoms with Gasteiger partial charge in [0.2, 0.25) is 11.7 Å². The van der Waals surface area contributed by atoms with Gasteiger partial charge in [0.1, 0.15) is 5.82 Å². The smallest absolute Gasteiger partial charge is 0.376 e. The molecule has 2 aromatic rings. The number of aryl methyl sites for hydroxylation is 1. The van der Waals surface area contributed by atoms with E-state index in [0.717, 1.165) is 12.8 Å². The fraction of sp³-hybridized carbons (Fsp3) is 0.375. The molecule has 0 aliphatic heterocycles. The number of hydrogen-bond donors (Lipinski definition) is 0. The van der Waals surface area contributed by atoms with Gasteiger partial charge in [-0.25, -0.2) is 14.2 Å². The van der Waals surface area contributed by atoms with Crippen LogP contribution in [0, 0.1) is 12.7 Å². The Labute approximate surface area is 121 Å². The van der Waals surface area contributed by atoms with Gasteiger partial charge >= 0.3 is 5.97 Å². The van der Waals surface area contributed by atoms with Crippen LogP contribution in [0.4, 0.5) is 4.39 Å². The van der Waals surface area contributed by atoms with E-state index in [0.29, 0.717) is 22.7 Å². The van der Waals surface area contributed by atoms with Crippen molar-refractivity contribution in [2.45, 2.75) is 32.6 Å². The van der Waals surface area contributed by atoms with Crippen molar-refractivity contribution in [3.63, 3.8) is 0 Å². The summed E-state index contributed by atoms with van der Waals surface area (Å²) in [5.41, 5.74) is 1.83. The molecule has 0 bridgehead atoms. The second kappa shape index (κ2) is 5.31. The monoisotopic (exact) mass is 289 g/mol. The minimum atomic E-state index is -0.489. The Kier molecular flexibility index (Phi) is 3.49. The van der Waals surface area contributed by atoms with E-state index in [2.05, 4.69) is 4.98 Å². The first-order valence-corrected chi connectivity index (χ1v) is 7.04. The summed E-state index contributed by atoms with van der Waals surface area (Å²) < 4.78 is 23.9. The Morgan fingerprint density at radius 1 is 1.48 bits per heavy atom. The van der Waals surface area contributed by atoms with Gasteiger partial charge in [-0.2, -0.15) is 0 Å². The molecule has 3 rings (SSSR count). The quantitative estimate of drug-likeness (QED) is 0.802. The average Bonchev–Trinajstić information content (AvgIpc) is 3.21. The number of carbonyl (C=O) groups is 1.